The van der Waals surface area contributed by atoms with E-state index in [9.17, 15) is 9.18 Å². The van der Waals surface area contributed by atoms with Crippen LogP contribution < -0.4 is 4.74 Å². The quantitative estimate of drug-likeness (QED) is 0.471. The van der Waals surface area contributed by atoms with Gasteiger partial charge in [0.1, 0.15) is 11.6 Å². The van der Waals surface area contributed by atoms with Crippen molar-refractivity contribution >= 4 is 5.91 Å². The molecule has 3 atom stereocenters. The Balaban J connectivity index is 1.46. The maximum atomic E-state index is 14.1. The van der Waals surface area contributed by atoms with Crippen LogP contribution in [0.15, 0.2) is 55.0 Å². The first-order chi connectivity index (χ1) is 16.4. The van der Waals surface area contributed by atoms with E-state index in [-0.39, 0.29) is 29.1 Å². The first-order valence-electron chi connectivity index (χ1n) is 12.2. The Morgan fingerprint density at radius 2 is 1.91 bits per heavy atom. The molecule has 1 saturated heterocycles. The topological polar surface area (TPSA) is 47.4 Å². The van der Waals surface area contributed by atoms with E-state index in [1.807, 2.05) is 22.6 Å². The molecule has 0 bridgehead atoms. The number of hydrogen-bond donors (Lipinski definition) is 0. The summed E-state index contributed by atoms with van der Waals surface area (Å²) >= 11 is 0. The number of likely N-dealkylation sites (tertiary alicyclic amines) is 1. The van der Waals surface area contributed by atoms with E-state index >= 15 is 0 Å². The number of benzene rings is 2. The zero-order valence-electron chi connectivity index (χ0n) is 20.1. The number of ether oxygens (including phenoxy) is 1. The summed E-state index contributed by atoms with van der Waals surface area (Å²) in [5.41, 5.74) is 3.65. The molecule has 5 nitrogen and oxygen atoms in total. The minimum Gasteiger partial charge on any atom is -0.495 e. The van der Waals surface area contributed by atoms with Gasteiger partial charge < -0.3 is 14.2 Å². The second kappa shape index (κ2) is 8.90. The Morgan fingerprint density at radius 1 is 1.15 bits per heavy atom. The van der Waals surface area contributed by atoms with Gasteiger partial charge in [-0.15, -0.1) is 0 Å². The highest BCUT2D eigenvalue weighted by Gasteiger charge is 2.53. The van der Waals surface area contributed by atoms with Gasteiger partial charge in [-0.3, -0.25) is 4.79 Å². The van der Waals surface area contributed by atoms with Crippen LogP contribution in [-0.2, 0) is 4.79 Å². The van der Waals surface area contributed by atoms with Crippen LogP contribution in [0.2, 0.25) is 0 Å². The van der Waals surface area contributed by atoms with Gasteiger partial charge >= 0.3 is 0 Å². The van der Waals surface area contributed by atoms with Crippen molar-refractivity contribution in [1.82, 2.24) is 14.5 Å². The molecule has 178 valence electrons. The van der Waals surface area contributed by atoms with E-state index in [0.717, 1.165) is 61.3 Å². The average molecular weight is 462 g/mol. The zero-order valence-corrected chi connectivity index (χ0v) is 20.1. The van der Waals surface area contributed by atoms with Crippen molar-refractivity contribution < 1.29 is 13.9 Å². The van der Waals surface area contributed by atoms with Crippen molar-refractivity contribution in [1.29, 1.82) is 0 Å². The number of methoxy groups -OCH3 is 1. The third kappa shape index (κ3) is 3.79. The van der Waals surface area contributed by atoms with Gasteiger partial charge in [-0.2, -0.15) is 0 Å². The molecule has 34 heavy (non-hydrogen) atoms. The van der Waals surface area contributed by atoms with Crippen molar-refractivity contribution in [3.05, 3.63) is 77.6 Å². The molecule has 1 aromatic heterocycles. The maximum Gasteiger partial charge on any atom is 0.229 e. The molecule has 5 rings (SSSR count). The zero-order chi connectivity index (χ0) is 23.9. The molecule has 2 unspecified atom stereocenters. The second-order valence-electron chi connectivity index (χ2n) is 9.78. The summed E-state index contributed by atoms with van der Waals surface area (Å²) in [5.74, 6) is 0.940. The lowest BCUT2D eigenvalue weighted by Crippen LogP contribution is -2.50. The van der Waals surface area contributed by atoms with Crippen molar-refractivity contribution in [3.8, 4) is 11.4 Å². The van der Waals surface area contributed by atoms with Crippen LogP contribution in [0.25, 0.3) is 5.69 Å². The molecule has 1 aliphatic heterocycles. The van der Waals surface area contributed by atoms with Gasteiger partial charge in [0, 0.05) is 12.7 Å². The second-order valence-corrected chi connectivity index (χ2v) is 9.78. The third-order valence-corrected chi connectivity index (χ3v) is 7.91. The highest BCUT2D eigenvalue weighted by molar-refractivity contribution is 5.85. The number of nitrogens with zero attached hydrogens (tertiary/aromatic N) is 3. The molecule has 3 aromatic rings. The summed E-state index contributed by atoms with van der Waals surface area (Å²) in [4.78, 5) is 20.4. The summed E-state index contributed by atoms with van der Waals surface area (Å²) in [7, 11) is 1.69. The largest absolute Gasteiger partial charge is 0.495 e. The predicted octanol–water partition coefficient (Wildman–Crippen LogP) is 5.97. The van der Waals surface area contributed by atoms with Crippen LogP contribution in [-0.4, -0.2) is 34.0 Å². The van der Waals surface area contributed by atoms with E-state index in [4.69, 9.17) is 4.74 Å². The molecule has 0 radical (unpaired) electrons. The molecular formula is C28H32FN3O2. The first kappa shape index (κ1) is 22.6. The van der Waals surface area contributed by atoms with Crippen LogP contribution in [0.5, 0.6) is 5.75 Å². The molecule has 2 aromatic carbocycles. The smallest absolute Gasteiger partial charge is 0.229 e. The van der Waals surface area contributed by atoms with E-state index < -0.39 is 0 Å². The number of amides is 1. The molecular weight excluding hydrogens is 429 g/mol. The van der Waals surface area contributed by atoms with Gasteiger partial charge in [0.2, 0.25) is 5.91 Å². The Kier molecular flexibility index (Phi) is 5.92. The van der Waals surface area contributed by atoms with Crippen LogP contribution in [0.3, 0.4) is 0 Å². The lowest BCUT2D eigenvalue weighted by molar-refractivity contribution is -0.149. The molecule has 0 N–H and O–H groups in total. The number of carbonyl (C=O) groups is 1. The summed E-state index contributed by atoms with van der Waals surface area (Å²) in [6, 6.07) is 12.8. The van der Waals surface area contributed by atoms with Crippen LogP contribution in [0.1, 0.15) is 67.8 Å². The van der Waals surface area contributed by atoms with Gasteiger partial charge in [-0.05, 0) is 80.8 Å². The lowest BCUT2D eigenvalue weighted by Gasteiger charge is -2.45. The van der Waals surface area contributed by atoms with Gasteiger partial charge in [0.05, 0.1) is 36.3 Å². The van der Waals surface area contributed by atoms with Crippen molar-refractivity contribution in [2.45, 2.75) is 57.9 Å². The van der Waals surface area contributed by atoms with Crippen LogP contribution in [0.4, 0.5) is 4.39 Å². The van der Waals surface area contributed by atoms with Crippen LogP contribution in [0, 0.1) is 18.2 Å². The molecule has 1 spiro atoms. The van der Waals surface area contributed by atoms with Crippen molar-refractivity contribution in [2.75, 3.05) is 13.7 Å². The molecule has 1 amide bonds. The SMILES string of the molecule is COc1cc(C2CCCC23CCCN([C@@H](C)c2ccc(F)cc2)C3=O)ccc1-n1cnc(C)c1. The Morgan fingerprint density at radius 3 is 2.62 bits per heavy atom. The Labute approximate surface area is 200 Å². The van der Waals surface area contributed by atoms with Crippen LogP contribution >= 0.6 is 0 Å². The molecule has 1 aliphatic carbocycles. The molecule has 6 heteroatoms. The number of rotatable bonds is 5. The number of carbonyl (C=O) groups excluding carboxylic acids is 1. The van der Waals surface area contributed by atoms with Crippen molar-refractivity contribution in [3.63, 3.8) is 0 Å². The number of imidazole rings is 1. The fraction of sp³-hybridized carbons (Fsp3) is 0.429. The number of halogens is 1. The van der Waals surface area contributed by atoms with E-state index in [1.165, 1.54) is 17.7 Å². The van der Waals surface area contributed by atoms with E-state index in [2.05, 4.69) is 30.1 Å². The average Bonchev–Trinajstić information content (AvgIpc) is 3.47. The van der Waals surface area contributed by atoms with Gasteiger partial charge in [-0.1, -0.05) is 24.6 Å². The molecule has 2 aliphatic rings. The lowest BCUT2D eigenvalue weighted by atomic mass is 9.68. The predicted molar refractivity (Wildman–Crippen MR) is 130 cm³/mol. The number of hydrogen-bond acceptors (Lipinski definition) is 3. The van der Waals surface area contributed by atoms with Crippen molar-refractivity contribution in [2.24, 2.45) is 5.41 Å². The number of aryl methyl sites for hydroxylation is 1. The highest BCUT2D eigenvalue weighted by Crippen LogP contribution is 2.56. The summed E-state index contributed by atoms with van der Waals surface area (Å²) in [6.45, 7) is 4.76. The summed E-state index contributed by atoms with van der Waals surface area (Å²) in [6.07, 6.45) is 8.62. The third-order valence-electron chi connectivity index (χ3n) is 7.91. The maximum absolute atomic E-state index is 14.1. The molecule has 2 fully saturated rings. The molecule has 2 heterocycles. The minimum atomic E-state index is -0.384. The Hall–Kier alpha value is -3.15. The number of piperidine rings is 1. The fourth-order valence-corrected chi connectivity index (χ4v) is 6.14. The molecule has 1 saturated carbocycles. The fourth-order valence-electron chi connectivity index (χ4n) is 6.14. The highest BCUT2D eigenvalue weighted by atomic mass is 19.1. The van der Waals surface area contributed by atoms with E-state index in [1.54, 1.807) is 25.6 Å². The van der Waals surface area contributed by atoms with E-state index in [0.29, 0.717) is 0 Å². The first-order valence-corrected chi connectivity index (χ1v) is 12.2. The summed E-state index contributed by atoms with van der Waals surface area (Å²) in [5, 5.41) is 0. The Bertz CT molecular complexity index is 1190. The number of aromatic nitrogens is 2. The summed E-state index contributed by atoms with van der Waals surface area (Å²) < 4.78 is 21.2. The van der Waals surface area contributed by atoms with Gasteiger partial charge in [-0.25, -0.2) is 9.37 Å². The van der Waals surface area contributed by atoms with Gasteiger partial charge in [0.25, 0.3) is 0 Å². The normalized spacial score (nSPS) is 23.5. The minimum absolute atomic E-state index is 0.0760. The standard InChI is InChI=1S/C28H32FN3O2/c1-19-17-31(18-30-19)25-12-9-22(16-26(25)34-3)24-6-4-13-28(24)14-5-15-32(27(28)33)20(2)21-7-10-23(29)11-8-21/h7-12,16-18,20,24H,4-6,13-15H2,1-3H3/t20-,24?,28?/m0/s1. The van der Waals surface area contributed by atoms with Gasteiger partial charge in [0.15, 0.2) is 0 Å². The monoisotopic (exact) mass is 461 g/mol.